The molecular formula is C20H23NO4S. The Hall–Kier alpha value is -2.34. The number of carbonyl (C=O) groups excluding carboxylic acids is 1. The van der Waals surface area contributed by atoms with E-state index in [9.17, 15) is 9.00 Å². The summed E-state index contributed by atoms with van der Waals surface area (Å²) in [6, 6.07) is 12.8. The number of hydrogen-bond donors (Lipinski definition) is 0. The van der Waals surface area contributed by atoms with Crippen LogP contribution in [0.3, 0.4) is 0 Å². The monoisotopic (exact) mass is 373 g/mol. The number of amides is 1. The van der Waals surface area contributed by atoms with Crippen molar-refractivity contribution in [3.05, 3.63) is 53.6 Å². The highest BCUT2D eigenvalue weighted by atomic mass is 32.2. The Morgan fingerprint density at radius 3 is 2.38 bits per heavy atom. The summed E-state index contributed by atoms with van der Waals surface area (Å²) in [6.45, 7) is 0.722. The van der Waals surface area contributed by atoms with Crippen molar-refractivity contribution in [3.8, 4) is 11.5 Å². The van der Waals surface area contributed by atoms with E-state index in [2.05, 4.69) is 0 Å². The summed E-state index contributed by atoms with van der Waals surface area (Å²) in [7, 11) is 2.17. The molecule has 1 fully saturated rings. The van der Waals surface area contributed by atoms with Crippen LogP contribution in [-0.4, -0.2) is 42.0 Å². The number of rotatable bonds is 5. The Bertz CT molecular complexity index is 819. The number of likely N-dealkylation sites (tertiary alicyclic amines) is 1. The lowest BCUT2D eigenvalue weighted by molar-refractivity contribution is 0.0735. The van der Waals surface area contributed by atoms with Crippen LogP contribution in [0.4, 0.5) is 0 Å². The van der Waals surface area contributed by atoms with Gasteiger partial charge in [-0.15, -0.1) is 0 Å². The number of methoxy groups -OCH3 is 2. The Kier molecular flexibility index (Phi) is 5.61. The summed E-state index contributed by atoms with van der Waals surface area (Å²) in [5.41, 5.74) is 1.66. The van der Waals surface area contributed by atoms with Crippen LogP contribution in [0.15, 0.2) is 47.4 Å². The number of ether oxygens (including phenoxy) is 2. The summed E-state index contributed by atoms with van der Waals surface area (Å²) in [5.74, 6) is 1.34. The van der Waals surface area contributed by atoms with Crippen molar-refractivity contribution in [1.29, 1.82) is 0 Å². The third kappa shape index (κ3) is 3.60. The fraction of sp³-hybridized carbons (Fsp3) is 0.350. The van der Waals surface area contributed by atoms with Gasteiger partial charge in [0, 0.05) is 34.1 Å². The van der Waals surface area contributed by atoms with Crippen LogP contribution >= 0.6 is 0 Å². The third-order valence-corrected chi connectivity index (χ3v) is 5.68. The van der Waals surface area contributed by atoms with Gasteiger partial charge in [-0.05, 0) is 54.8 Å². The standard InChI is InChI=1S/C20H23NO4S/c1-24-18-11-8-15(13-19(18)25-2)17-5-4-12-21(17)20(22)14-6-9-16(10-7-14)26(3)23/h6-11,13,17H,4-5,12H2,1-3H3. The molecule has 5 nitrogen and oxygen atoms in total. The zero-order valence-corrected chi connectivity index (χ0v) is 16.0. The average molecular weight is 373 g/mol. The highest BCUT2D eigenvalue weighted by Crippen LogP contribution is 2.37. The smallest absolute Gasteiger partial charge is 0.254 e. The summed E-state index contributed by atoms with van der Waals surface area (Å²) >= 11 is 0. The molecule has 0 aliphatic carbocycles. The molecule has 0 saturated carbocycles. The molecule has 138 valence electrons. The van der Waals surface area contributed by atoms with Gasteiger partial charge < -0.3 is 14.4 Å². The molecule has 6 heteroatoms. The Labute approximate surface area is 156 Å². The fourth-order valence-electron chi connectivity index (χ4n) is 3.37. The first-order valence-electron chi connectivity index (χ1n) is 8.51. The molecule has 0 N–H and O–H groups in total. The Balaban J connectivity index is 1.85. The first kappa shape index (κ1) is 18.5. The van der Waals surface area contributed by atoms with Crippen LogP contribution in [0.1, 0.15) is 34.8 Å². The van der Waals surface area contributed by atoms with Gasteiger partial charge in [-0.25, -0.2) is 0 Å². The molecule has 2 unspecified atom stereocenters. The van der Waals surface area contributed by atoms with E-state index >= 15 is 0 Å². The lowest BCUT2D eigenvalue weighted by Gasteiger charge is -2.26. The van der Waals surface area contributed by atoms with Gasteiger partial charge >= 0.3 is 0 Å². The van der Waals surface area contributed by atoms with E-state index in [-0.39, 0.29) is 11.9 Å². The predicted octanol–water partition coefficient (Wildman–Crippen LogP) is 3.42. The van der Waals surface area contributed by atoms with E-state index in [0.29, 0.717) is 17.1 Å². The van der Waals surface area contributed by atoms with E-state index < -0.39 is 10.8 Å². The maximum absolute atomic E-state index is 13.0. The van der Waals surface area contributed by atoms with Crippen LogP contribution in [0.5, 0.6) is 11.5 Å². The number of nitrogens with zero attached hydrogens (tertiary/aromatic N) is 1. The normalized spacial score (nSPS) is 17.8. The minimum Gasteiger partial charge on any atom is -0.493 e. The largest absolute Gasteiger partial charge is 0.493 e. The number of hydrogen-bond acceptors (Lipinski definition) is 4. The lowest BCUT2D eigenvalue weighted by Crippen LogP contribution is -2.30. The molecule has 1 saturated heterocycles. The lowest BCUT2D eigenvalue weighted by atomic mass is 10.0. The van der Waals surface area contributed by atoms with E-state index in [1.807, 2.05) is 23.1 Å². The van der Waals surface area contributed by atoms with Gasteiger partial charge in [0.05, 0.1) is 20.3 Å². The molecule has 1 aliphatic heterocycles. The topological polar surface area (TPSA) is 55.8 Å². The van der Waals surface area contributed by atoms with Crippen molar-refractivity contribution in [2.24, 2.45) is 0 Å². The van der Waals surface area contributed by atoms with Gasteiger partial charge in [-0.1, -0.05) is 6.07 Å². The first-order chi connectivity index (χ1) is 12.5. The Morgan fingerprint density at radius 1 is 1.08 bits per heavy atom. The van der Waals surface area contributed by atoms with E-state index in [1.54, 1.807) is 44.7 Å². The van der Waals surface area contributed by atoms with Crippen molar-refractivity contribution in [3.63, 3.8) is 0 Å². The average Bonchev–Trinajstić information content (AvgIpc) is 3.16. The summed E-state index contributed by atoms with van der Waals surface area (Å²) in [6.07, 6.45) is 3.50. The first-order valence-corrected chi connectivity index (χ1v) is 10.1. The maximum atomic E-state index is 13.0. The third-order valence-electron chi connectivity index (χ3n) is 4.74. The molecule has 0 radical (unpaired) electrons. The number of benzene rings is 2. The zero-order chi connectivity index (χ0) is 18.7. The summed E-state index contributed by atoms with van der Waals surface area (Å²) in [4.78, 5) is 15.6. The van der Waals surface area contributed by atoms with Gasteiger partial charge in [-0.3, -0.25) is 9.00 Å². The van der Waals surface area contributed by atoms with Crippen molar-refractivity contribution in [2.45, 2.75) is 23.8 Å². The van der Waals surface area contributed by atoms with Crippen molar-refractivity contribution in [1.82, 2.24) is 4.90 Å². The molecule has 2 aromatic carbocycles. The summed E-state index contributed by atoms with van der Waals surface area (Å²) < 4.78 is 22.2. The van der Waals surface area contributed by atoms with Crippen LogP contribution in [0.2, 0.25) is 0 Å². The van der Waals surface area contributed by atoms with Gasteiger partial charge in [0.2, 0.25) is 0 Å². The van der Waals surface area contributed by atoms with E-state index in [4.69, 9.17) is 9.47 Å². The highest BCUT2D eigenvalue weighted by Gasteiger charge is 2.31. The quantitative estimate of drug-likeness (QED) is 0.806. The van der Waals surface area contributed by atoms with Crippen molar-refractivity contribution < 1.29 is 18.5 Å². The van der Waals surface area contributed by atoms with Gasteiger partial charge in [0.25, 0.3) is 5.91 Å². The molecule has 2 atom stereocenters. The highest BCUT2D eigenvalue weighted by molar-refractivity contribution is 7.84. The molecule has 26 heavy (non-hydrogen) atoms. The van der Waals surface area contributed by atoms with Crippen LogP contribution in [0.25, 0.3) is 0 Å². The van der Waals surface area contributed by atoms with Gasteiger partial charge in [0.1, 0.15) is 0 Å². The molecule has 0 spiro atoms. The minimum absolute atomic E-state index is 0.00396. The second kappa shape index (κ2) is 7.91. The van der Waals surface area contributed by atoms with Crippen molar-refractivity contribution >= 4 is 16.7 Å². The summed E-state index contributed by atoms with van der Waals surface area (Å²) in [5, 5.41) is 0. The molecule has 1 heterocycles. The van der Waals surface area contributed by atoms with Crippen LogP contribution in [-0.2, 0) is 10.8 Å². The number of carbonyl (C=O) groups is 1. The minimum atomic E-state index is -1.05. The fourth-order valence-corrected chi connectivity index (χ4v) is 3.89. The van der Waals surface area contributed by atoms with Crippen LogP contribution < -0.4 is 9.47 Å². The molecule has 0 bridgehead atoms. The molecule has 2 aromatic rings. The molecule has 1 amide bonds. The second-order valence-electron chi connectivity index (χ2n) is 6.25. The van der Waals surface area contributed by atoms with Crippen molar-refractivity contribution in [2.75, 3.05) is 27.0 Å². The zero-order valence-electron chi connectivity index (χ0n) is 15.2. The van der Waals surface area contributed by atoms with Gasteiger partial charge in [0.15, 0.2) is 11.5 Å². The van der Waals surface area contributed by atoms with Crippen LogP contribution in [0, 0.1) is 0 Å². The molecular weight excluding hydrogens is 350 g/mol. The SMILES string of the molecule is COc1ccc(C2CCCN2C(=O)c2ccc(S(C)=O)cc2)cc1OC. The maximum Gasteiger partial charge on any atom is 0.254 e. The van der Waals surface area contributed by atoms with E-state index in [0.717, 1.165) is 29.8 Å². The molecule has 0 aromatic heterocycles. The predicted molar refractivity (Wildman–Crippen MR) is 101 cm³/mol. The molecule has 1 aliphatic rings. The van der Waals surface area contributed by atoms with E-state index in [1.165, 1.54) is 0 Å². The van der Waals surface area contributed by atoms with Gasteiger partial charge in [-0.2, -0.15) is 0 Å². The molecule has 3 rings (SSSR count). The Morgan fingerprint density at radius 2 is 1.77 bits per heavy atom. The second-order valence-corrected chi connectivity index (χ2v) is 7.63.